The Kier molecular flexibility index (Phi) is 4.48. The summed E-state index contributed by atoms with van der Waals surface area (Å²) in [6, 6.07) is 11.2. The van der Waals surface area contributed by atoms with Gasteiger partial charge in [-0.1, -0.05) is 18.2 Å². The van der Waals surface area contributed by atoms with Gasteiger partial charge in [-0.05, 0) is 29.8 Å². The normalized spacial score (nSPS) is 15.5. The predicted molar refractivity (Wildman–Crippen MR) is 99.4 cm³/mol. The molecule has 0 saturated heterocycles. The Morgan fingerprint density at radius 1 is 1.29 bits per heavy atom. The summed E-state index contributed by atoms with van der Waals surface area (Å²) in [5, 5.41) is 11.9. The summed E-state index contributed by atoms with van der Waals surface area (Å²) in [7, 11) is 1.55. The average molecular weight is 381 g/mol. The summed E-state index contributed by atoms with van der Waals surface area (Å²) < 4.78 is 18.7. The van der Waals surface area contributed by atoms with Crippen molar-refractivity contribution in [1.82, 2.24) is 15.2 Å². The van der Waals surface area contributed by atoms with Gasteiger partial charge >= 0.3 is 0 Å². The van der Waals surface area contributed by atoms with Crippen LogP contribution in [0.15, 0.2) is 42.5 Å². The third-order valence-corrected chi connectivity index (χ3v) is 4.45. The molecule has 1 aromatic heterocycles. The number of anilines is 2. The number of hydrogen-bond donors (Lipinski definition) is 3. The second-order valence-corrected chi connectivity index (χ2v) is 6.23. The first-order valence-corrected chi connectivity index (χ1v) is 8.51. The van der Waals surface area contributed by atoms with Crippen molar-refractivity contribution < 1.29 is 18.7 Å². The molecule has 28 heavy (non-hydrogen) atoms. The Balaban J connectivity index is 1.57. The molecule has 0 fully saturated rings. The molecule has 1 aliphatic rings. The molecule has 1 unspecified atom stereocenters. The number of hydrogen-bond acceptors (Lipinski definition) is 5. The highest BCUT2D eigenvalue weighted by atomic mass is 19.1. The number of halogens is 1. The average Bonchev–Trinajstić information content (AvgIpc) is 3.15. The van der Waals surface area contributed by atoms with Gasteiger partial charge in [0.1, 0.15) is 11.6 Å². The molecule has 1 atom stereocenters. The molecule has 0 spiro atoms. The van der Waals surface area contributed by atoms with E-state index in [1.54, 1.807) is 19.2 Å². The van der Waals surface area contributed by atoms with Gasteiger partial charge < -0.3 is 10.1 Å². The standard InChI is InChI=1S/C19H16FN5O3/c1-28-15-5-3-2-4-12(15)17-22-19(25-24-17)23-18(27)13-9-16(26)21-14-8-10(20)6-7-11(13)14/h2-8,13H,9H2,1H3,(H,21,26)(H2,22,23,24,25,27). The fraction of sp³-hybridized carbons (Fsp3) is 0.158. The van der Waals surface area contributed by atoms with Crippen LogP contribution < -0.4 is 15.4 Å². The van der Waals surface area contributed by atoms with Crippen LogP contribution in [0.3, 0.4) is 0 Å². The molecular formula is C19H16FN5O3. The predicted octanol–water partition coefficient (Wildman–Crippen LogP) is 2.68. The number of nitrogens with zero attached hydrogens (tertiary/aromatic N) is 2. The van der Waals surface area contributed by atoms with E-state index in [4.69, 9.17) is 4.74 Å². The van der Waals surface area contributed by atoms with Crippen LogP contribution in [-0.2, 0) is 9.59 Å². The number of amides is 2. The summed E-state index contributed by atoms with van der Waals surface area (Å²) in [5.41, 5.74) is 1.52. The number of rotatable bonds is 4. The quantitative estimate of drug-likeness (QED) is 0.644. The Morgan fingerprint density at radius 2 is 2.11 bits per heavy atom. The van der Waals surface area contributed by atoms with Gasteiger partial charge in [0.2, 0.25) is 17.8 Å². The van der Waals surface area contributed by atoms with Crippen molar-refractivity contribution in [3.05, 3.63) is 53.8 Å². The van der Waals surface area contributed by atoms with Crippen molar-refractivity contribution in [3.8, 4) is 17.1 Å². The lowest BCUT2D eigenvalue weighted by Crippen LogP contribution is -2.31. The molecule has 0 saturated carbocycles. The third kappa shape index (κ3) is 3.29. The molecular weight excluding hydrogens is 365 g/mol. The summed E-state index contributed by atoms with van der Waals surface area (Å²) in [4.78, 5) is 28.9. The number of carbonyl (C=O) groups is 2. The van der Waals surface area contributed by atoms with Crippen molar-refractivity contribution in [2.75, 3.05) is 17.7 Å². The zero-order chi connectivity index (χ0) is 19.7. The van der Waals surface area contributed by atoms with Crippen molar-refractivity contribution in [2.45, 2.75) is 12.3 Å². The smallest absolute Gasteiger partial charge is 0.249 e. The molecule has 2 aromatic carbocycles. The van der Waals surface area contributed by atoms with Gasteiger partial charge in [0, 0.05) is 12.1 Å². The number of fused-ring (bicyclic) bond motifs is 1. The number of aromatic nitrogens is 3. The molecule has 0 radical (unpaired) electrons. The van der Waals surface area contributed by atoms with Crippen LogP contribution >= 0.6 is 0 Å². The fourth-order valence-corrected chi connectivity index (χ4v) is 3.15. The molecule has 2 heterocycles. The zero-order valence-corrected chi connectivity index (χ0v) is 14.8. The maximum Gasteiger partial charge on any atom is 0.249 e. The monoisotopic (exact) mass is 381 g/mol. The van der Waals surface area contributed by atoms with E-state index in [9.17, 15) is 14.0 Å². The Labute approximate surface area is 159 Å². The molecule has 9 heteroatoms. The van der Waals surface area contributed by atoms with Crippen LogP contribution in [0.1, 0.15) is 17.9 Å². The largest absolute Gasteiger partial charge is 0.496 e. The second-order valence-electron chi connectivity index (χ2n) is 6.23. The van der Waals surface area contributed by atoms with Crippen LogP contribution in [0, 0.1) is 5.82 Å². The van der Waals surface area contributed by atoms with E-state index < -0.39 is 17.6 Å². The van der Waals surface area contributed by atoms with Crippen molar-refractivity contribution >= 4 is 23.5 Å². The number of carbonyl (C=O) groups excluding carboxylic acids is 2. The molecule has 142 valence electrons. The Morgan fingerprint density at radius 3 is 2.93 bits per heavy atom. The molecule has 8 nitrogen and oxygen atoms in total. The van der Waals surface area contributed by atoms with Crippen molar-refractivity contribution in [1.29, 1.82) is 0 Å². The van der Waals surface area contributed by atoms with Crippen LogP contribution in [0.4, 0.5) is 16.0 Å². The summed E-state index contributed by atoms with van der Waals surface area (Å²) in [6.07, 6.45) is -0.0474. The van der Waals surface area contributed by atoms with Crippen molar-refractivity contribution in [2.24, 2.45) is 0 Å². The van der Waals surface area contributed by atoms with E-state index in [0.29, 0.717) is 28.4 Å². The lowest BCUT2D eigenvalue weighted by atomic mass is 9.90. The lowest BCUT2D eigenvalue weighted by Gasteiger charge is -2.24. The van der Waals surface area contributed by atoms with Gasteiger partial charge in [0.15, 0.2) is 5.82 Å². The van der Waals surface area contributed by atoms with Crippen molar-refractivity contribution in [3.63, 3.8) is 0 Å². The van der Waals surface area contributed by atoms with E-state index in [1.165, 1.54) is 18.2 Å². The first-order valence-electron chi connectivity index (χ1n) is 8.51. The van der Waals surface area contributed by atoms with Gasteiger partial charge in [-0.3, -0.25) is 20.0 Å². The molecule has 2 amide bonds. The number of nitrogens with one attached hydrogen (secondary N) is 3. The van der Waals surface area contributed by atoms with Gasteiger partial charge in [0.25, 0.3) is 0 Å². The van der Waals surface area contributed by atoms with E-state index >= 15 is 0 Å². The number of para-hydroxylation sites is 1. The van der Waals surface area contributed by atoms with Gasteiger partial charge in [-0.2, -0.15) is 4.98 Å². The van der Waals surface area contributed by atoms with E-state index in [0.717, 1.165) is 0 Å². The van der Waals surface area contributed by atoms with Gasteiger partial charge in [0.05, 0.1) is 18.6 Å². The van der Waals surface area contributed by atoms with Crippen LogP contribution in [0.2, 0.25) is 0 Å². The Hall–Kier alpha value is -3.75. The summed E-state index contributed by atoms with van der Waals surface area (Å²) >= 11 is 0. The van der Waals surface area contributed by atoms with Gasteiger partial charge in [-0.25, -0.2) is 4.39 Å². The SMILES string of the molecule is COc1ccccc1-c1nc(NC(=O)C2CC(=O)Nc3cc(F)ccc32)n[nH]1. The highest BCUT2D eigenvalue weighted by Gasteiger charge is 2.31. The number of benzene rings is 2. The first kappa shape index (κ1) is 17.7. The Bertz CT molecular complexity index is 1070. The van der Waals surface area contributed by atoms with E-state index in [1.807, 2.05) is 12.1 Å². The zero-order valence-electron chi connectivity index (χ0n) is 14.8. The molecule has 0 aliphatic carbocycles. The minimum Gasteiger partial charge on any atom is -0.496 e. The topological polar surface area (TPSA) is 109 Å². The number of H-pyrrole nitrogens is 1. The van der Waals surface area contributed by atoms with Crippen LogP contribution in [0.5, 0.6) is 5.75 Å². The van der Waals surface area contributed by atoms with Crippen LogP contribution in [-0.4, -0.2) is 34.1 Å². The minimum absolute atomic E-state index is 0.0474. The third-order valence-electron chi connectivity index (χ3n) is 4.45. The maximum atomic E-state index is 13.4. The summed E-state index contributed by atoms with van der Waals surface area (Å²) in [5.74, 6) is -0.960. The minimum atomic E-state index is -0.766. The number of ether oxygens (including phenoxy) is 1. The fourth-order valence-electron chi connectivity index (χ4n) is 3.15. The molecule has 4 rings (SSSR count). The van der Waals surface area contributed by atoms with Gasteiger partial charge in [-0.15, -0.1) is 5.10 Å². The number of aromatic amines is 1. The second kappa shape index (κ2) is 7.10. The molecule has 1 aliphatic heterocycles. The molecule has 3 N–H and O–H groups in total. The first-order chi connectivity index (χ1) is 13.5. The van der Waals surface area contributed by atoms with E-state index in [-0.39, 0.29) is 18.3 Å². The summed E-state index contributed by atoms with van der Waals surface area (Å²) in [6.45, 7) is 0. The van der Waals surface area contributed by atoms with E-state index in [2.05, 4.69) is 25.8 Å². The number of methoxy groups -OCH3 is 1. The molecule has 0 bridgehead atoms. The lowest BCUT2D eigenvalue weighted by molar-refractivity contribution is -0.123. The maximum absolute atomic E-state index is 13.4. The van der Waals surface area contributed by atoms with Crippen LogP contribution in [0.25, 0.3) is 11.4 Å². The highest BCUT2D eigenvalue weighted by molar-refractivity contribution is 6.04. The molecule has 3 aromatic rings. The highest BCUT2D eigenvalue weighted by Crippen LogP contribution is 2.33.